The molecule has 0 fully saturated rings. The first-order valence-corrected chi connectivity index (χ1v) is 12.2. The van der Waals surface area contributed by atoms with Gasteiger partial charge < -0.3 is 19.3 Å². The molecule has 0 radical (unpaired) electrons. The highest BCUT2D eigenvalue weighted by Gasteiger charge is 2.10. The van der Waals surface area contributed by atoms with E-state index in [4.69, 9.17) is 19.3 Å². The van der Waals surface area contributed by atoms with E-state index in [2.05, 4.69) is 4.98 Å². The molecule has 0 spiro atoms. The number of aromatic nitrogens is 1. The van der Waals surface area contributed by atoms with Crippen LogP contribution in [-0.4, -0.2) is 22.7 Å². The van der Waals surface area contributed by atoms with Crippen LogP contribution in [0.15, 0.2) is 78.9 Å². The highest BCUT2D eigenvalue weighted by Crippen LogP contribution is 2.26. The fourth-order valence-electron chi connectivity index (χ4n) is 3.33. The van der Waals surface area contributed by atoms with Gasteiger partial charge in [0.05, 0.1) is 11.2 Å². The summed E-state index contributed by atoms with van der Waals surface area (Å²) in [4.78, 5) is 15.5. The maximum Gasteiger partial charge on any atom is 0.341 e. The number of aliphatic carboxylic acids is 1. The maximum atomic E-state index is 10.9. The number of carboxylic acid groups (broad SMARTS) is 1. The Hall–Kier alpha value is -4.06. The number of para-hydroxylation sites is 2. The van der Waals surface area contributed by atoms with Crippen LogP contribution < -0.4 is 14.2 Å². The number of hydrogen-bond donors (Lipinski definition) is 1. The Morgan fingerprint density at radius 1 is 0.778 bits per heavy atom. The summed E-state index contributed by atoms with van der Waals surface area (Å²) in [6.07, 6.45) is 0. The van der Waals surface area contributed by atoms with Crippen LogP contribution in [0.25, 0.3) is 10.9 Å². The molecule has 6 nitrogen and oxygen atoms in total. The van der Waals surface area contributed by atoms with Crippen LogP contribution >= 0.6 is 0 Å². The Morgan fingerprint density at radius 3 is 2.17 bits per heavy atom. The molecule has 0 aliphatic rings. The molecular weight excluding hydrogens is 454 g/mol. The van der Waals surface area contributed by atoms with E-state index >= 15 is 0 Å². The molecule has 0 unspecified atom stereocenters. The Morgan fingerprint density at radius 2 is 1.44 bits per heavy atom. The number of aryl methyl sites for hydroxylation is 1. The molecule has 36 heavy (non-hydrogen) atoms. The zero-order chi connectivity index (χ0) is 26.3. The SMILES string of the molecule is CC.CC.Cc1cccc(COc2cccc(OCc3ccc4ccccc4n3)c2)c1OCC(=O)O. The molecule has 0 bridgehead atoms. The largest absolute Gasteiger partial charge is 0.489 e. The van der Waals surface area contributed by atoms with Crippen molar-refractivity contribution in [1.29, 1.82) is 0 Å². The number of rotatable bonds is 9. The molecule has 190 valence electrons. The molecule has 6 heteroatoms. The Balaban J connectivity index is 0.00000109. The Kier molecular flexibility index (Phi) is 11.8. The van der Waals surface area contributed by atoms with Gasteiger partial charge in [0.15, 0.2) is 6.61 Å². The molecule has 3 aromatic carbocycles. The molecule has 1 aromatic heterocycles. The standard InChI is InChI=1S/C26H23NO5.2C2H6/c1-18-6-4-8-20(26(18)32-17-25(28)29)15-30-22-9-5-10-23(14-22)31-16-21-13-12-19-7-2-3-11-24(19)27-21;2*1-2/h2-14H,15-17H2,1H3,(H,28,29);2*1-2H3. The first-order valence-electron chi connectivity index (χ1n) is 12.2. The van der Waals surface area contributed by atoms with E-state index in [0.717, 1.165) is 27.7 Å². The molecule has 0 saturated carbocycles. The lowest BCUT2D eigenvalue weighted by Crippen LogP contribution is -2.12. The summed E-state index contributed by atoms with van der Waals surface area (Å²) >= 11 is 0. The van der Waals surface area contributed by atoms with Crippen molar-refractivity contribution in [2.45, 2.75) is 47.8 Å². The molecule has 0 atom stereocenters. The predicted octanol–water partition coefficient (Wildman–Crippen LogP) is 7.22. The van der Waals surface area contributed by atoms with Crippen molar-refractivity contribution in [3.05, 3.63) is 95.7 Å². The van der Waals surface area contributed by atoms with Crippen molar-refractivity contribution in [2.75, 3.05) is 6.61 Å². The maximum absolute atomic E-state index is 10.9. The second-order valence-electron chi connectivity index (χ2n) is 7.29. The summed E-state index contributed by atoms with van der Waals surface area (Å²) in [5.74, 6) is 0.819. The van der Waals surface area contributed by atoms with Crippen LogP contribution in [0.1, 0.15) is 44.5 Å². The zero-order valence-corrected chi connectivity index (χ0v) is 21.7. The van der Waals surface area contributed by atoms with Crippen molar-refractivity contribution in [1.82, 2.24) is 4.98 Å². The molecule has 4 aromatic rings. The van der Waals surface area contributed by atoms with Gasteiger partial charge in [-0.15, -0.1) is 0 Å². The molecule has 0 amide bonds. The van der Waals surface area contributed by atoms with Gasteiger partial charge in [0, 0.05) is 17.0 Å². The second-order valence-corrected chi connectivity index (χ2v) is 7.29. The minimum absolute atomic E-state index is 0.242. The van der Waals surface area contributed by atoms with Crippen LogP contribution in [0.3, 0.4) is 0 Å². The normalized spacial score (nSPS) is 9.81. The molecule has 4 rings (SSSR count). The lowest BCUT2D eigenvalue weighted by molar-refractivity contribution is -0.139. The van der Waals surface area contributed by atoms with E-state index in [1.54, 1.807) is 0 Å². The fraction of sp³-hybridized carbons (Fsp3) is 0.267. The van der Waals surface area contributed by atoms with Crippen molar-refractivity contribution >= 4 is 16.9 Å². The van der Waals surface area contributed by atoms with Crippen molar-refractivity contribution in [2.24, 2.45) is 0 Å². The summed E-state index contributed by atoms with van der Waals surface area (Å²) in [5.41, 5.74) is 3.41. The number of nitrogens with zero attached hydrogens (tertiary/aromatic N) is 1. The zero-order valence-electron chi connectivity index (χ0n) is 21.7. The smallest absolute Gasteiger partial charge is 0.341 e. The Bertz CT molecular complexity index is 1240. The van der Waals surface area contributed by atoms with E-state index in [-0.39, 0.29) is 6.61 Å². The Labute approximate surface area is 213 Å². The third kappa shape index (κ3) is 8.31. The van der Waals surface area contributed by atoms with Crippen LogP contribution in [0.4, 0.5) is 0 Å². The number of fused-ring (bicyclic) bond motifs is 1. The number of hydrogen-bond acceptors (Lipinski definition) is 5. The summed E-state index contributed by atoms with van der Waals surface area (Å²) in [6.45, 7) is 10.1. The number of carbonyl (C=O) groups is 1. The predicted molar refractivity (Wildman–Crippen MR) is 144 cm³/mol. The molecular formula is C30H35NO5. The summed E-state index contributed by atoms with van der Waals surface area (Å²) in [7, 11) is 0. The third-order valence-corrected chi connectivity index (χ3v) is 4.88. The number of ether oxygens (including phenoxy) is 3. The van der Waals surface area contributed by atoms with Gasteiger partial charge in [-0.25, -0.2) is 9.78 Å². The van der Waals surface area contributed by atoms with Crippen molar-refractivity contribution in [3.63, 3.8) is 0 Å². The number of benzene rings is 3. The summed E-state index contributed by atoms with van der Waals surface area (Å²) in [5, 5.41) is 10.00. The van der Waals surface area contributed by atoms with Crippen LogP contribution in [0.2, 0.25) is 0 Å². The summed E-state index contributed by atoms with van der Waals surface area (Å²) < 4.78 is 17.3. The molecule has 0 aliphatic carbocycles. The van der Waals surface area contributed by atoms with Crippen molar-refractivity contribution in [3.8, 4) is 17.2 Å². The van der Waals surface area contributed by atoms with E-state index in [1.807, 2.05) is 113 Å². The first kappa shape index (κ1) is 28.2. The van der Waals surface area contributed by atoms with Gasteiger partial charge in [-0.05, 0) is 36.8 Å². The highest BCUT2D eigenvalue weighted by atomic mass is 16.5. The number of pyridine rings is 1. The van der Waals surface area contributed by atoms with Gasteiger partial charge >= 0.3 is 5.97 Å². The molecule has 0 aliphatic heterocycles. The van der Waals surface area contributed by atoms with Crippen LogP contribution in [-0.2, 0) is 18.0 Å². The molecule has 1 N–H and O–H groups in total. The lowest BCUT2D eigenvalue weighted by atomic mass is 10.1. The highest BCUT2D eigenvalue weighted by molar-refractivity contribution is 5.78. The van der Waals surface area contributed by atoms with E-state index in [9.17, 15) is 4.79 Å². The van der Waals surface area contributed by atoms with Crippen LogP contribution in [0, 0.1) is 6.92 Å². The number of carboxylic acids is 1. The van der Waals surface area contributed by atoms with Gasteiger partial charge in [-0.2, -0.15) is 0 Å². The second kappa shape index (κ2) is 15.0. The first-order chi connectivity index (χ1) is 17.6. The topological polar surface area (TPSA) is 77.9 Å². The van der Waals surface area contributed by atoms with Gasteiger partial charge in [0.1, 0.15) is 30.5 Å². The minimum atomic E-state index is -1.02. The third-order valence-electron chi connectivity index (χ3n) is 4.88. The molecule has 0 saturated heterocycles. The lowest BCUT2D eigenvalue weighted by Gasteiger charge is -2.14. The quantitative estimate of drug-likeness (QED) is 0.267. The summed E-state index contributed by atoms with van der Waals surface area (Å²) in [6, 6.07) is 24.9. The van der Waals surface area contributed by atoms with Gasteiger partial charge in [-0.1, -0.05) is 76.2 Å². The monoisotopic (exact) mass is 489 g/mol. The van der Waals surface area contributed by atoms with E-state index in [1.165, 1.54) is 0 Å². The van der Waals surface area contributed by atoms with Crippen LogP contribution in [0.5, 0.6) is 17.2 Å². The van der Waals surface area contributed by atoms with Gasteiger partial charge in [0.2, 0.25) is 0 Å². The van der Waals surface area contributed by atoms with Crippen molar-refractivity contribution < 1.29 is 24.1 Å². The average molecular weight is 490 g/mol. The fourth-order valence-corrected chi connectivity index (χ4v) is 3.33. The van der Waals surface area contributed by atoms with Gasteiger partial charge in [0.25, 0.3) is 0 Å². The van der Waals surface area contributed by atoms with Gasteiger partial charge in [-0.3, -0.25) is 0 Å². The van der Waals surface area contributed by atoms with E-state index in [0.29, 0.717) is 23.9 Å². The average Bonchev–Trinajstić information content (AvgIpc) is 2.92. The van der Waals surface area contributed by atoms with E-state index < -0.39 is 12.6 Å². The molecule has 1 heterocycles. The minimum Gasteiger partial charge on any atom is -0.489 e.